The number of rotatable bonds is 5. The van der Waals surface area contributed by atoms with Crippen molar-refractivity contribution in [2.45, 2.75) is 58.0 Å². The van der Waals surface area contributed by atoms with E-state index < -0.39 is 17.8 Å². The summed E-state index contributed by atoms with van der Waals surface area (Å²) >= 11 is 5.92. The smallest absolute Gasteiger partial charge is 0.273 e. The molecule has 1 heterocycles. The van der Waals surface area contributed by atoms with Crippen molar-refractivity contribution in [3.05, 3.63) is 51.9 Å². The first kappa shape index (κ1) is 20.3. The van der Waals surface area contributed by atoms with Crippen LogP contribution in [-0.4, -0.2) is 22.8 Å². The zero-order valence-electron chi connectivity index (χ0n) is 15.9. The Bertz CT molecular complexity index is 857. The molecular weight excluding hydrogens is 385 g/mol. The van der Waals surface area contributed by atoms with Crippen molar-refractivity contribution in [2.75, 3.05) is 0 Å². The lowest BCUT2D eigenvalue weighted by molar-refractivity contribution is 0.0918. The van der Waals surface area contributed by atoms with Gasteiger partial charge in [-0.2, -0.15) is 0 Å². The van der Waals surface area contributed by atoms with Gasteiger partial charge in [0.05, 0.1) is 10.6 Å². The van der Waals surface area contributed by atoms with Crippen molar-refractivity contribution in [1.29, 1.82) is 0 Å². The van der Waals surface area contributed by atoms with E-state index in [1.807, 2.05) is 0 Å². The van der Waals surface area contributed by atoms with E-state index in [1.165, 1.54) is 18.6 Å². The van der Waals surface area contributed by atoms with E-state index in [4.69, 9.17) is 16.0 Å². The van der Waals surface area contributed by atoms with Crippen molar-refractivity contribution in [3.8, 4) is 0 Å². The maximum Gasteiger partial charge on any atom is 0.273 e. The first-order valence-electron chi connectivity index (χ1n) is 9.40. The van der Waals surface area contributed by atoms with E-state index in [0.29, 0.717) is 5.76 Å². The number of benzene rings is 1. The Balaban J connectivity index is 1.69. The number of aryl methyl sites for hydroxylation is 1. The van der Waals surface area contributed by atoms with E-state index in [-0.39, 0.29) is 34.1 Å². The third-order valence-corrected chi connectivity index (χ3v) is 5.19. The number of hydrogen-bond acceptors (Lipinski definition) is 4. The van der Waals surface area contributed by atoms with E-state index >= 15 is 0 Å². The van der Waals surface area contributed by atoms with Crippen molar-refractivity contribution >= 4 is 23.4 Å². The van der Waals surface area contributed by atoms with Crippen LogP contribution in [0.4, 0.5) is 4.39 Å². The van der Waals surface area contributed by atoms with Crippen LogP contribution < -0.4 is 10.6 Å². The monoisotopic (exact) mass is 407 g/mol. The number of nitrogens with one attached hydrogen (secondary N) is 2. The summed E-state index contributed by atoms with van der Waals surface area (Å²) in [5.74, 6) is -1.14. The average molecular weight is 408 g/mol. The maximum atomic E-state index is 13.9. The van der Waals surface area contributed by atoms with Crippen LogP contribution >= 0.6 is 11.6 Å². The van der Waals surface area contributed by atoms with Gasteiger partial charge in [0.15, 0.2) is 5.69 Å². The Hall–Kier alpha value is -2.41. The quantitative estimate of drug-likeness (QED) is 0.772. The van der Waals surface area contributed by atoms with Gasteiger partial charge in [0, 0.05) is 6.04 Å². The molecule has 28 heavy (non-hydrogen) atoms. The van der Waals surface area contributed by atoms with Crippen molar-refractivity contribution in [3.63, 3.8) is 0 Å². The lowest BCUT2D eigenvalue weighted by atomic mass is 9.95. The average Bonchev–Trinajstić information content (AvgIpc) is 3.04. The summed E-state index contributed by atoms with van der Waals surface area (Å²) in [6.07, 6.45) is 5.34. The fraction of sp³-hybridized carbons (Fsp3) is 0.450. The van der Waals surface area contributed by atoms with Gasteiger partial charge >= 0.3 is 0 Å². The molecule has 0 bridgehead atoms. The first-order chi connectivity index (χ1) is 13.4. The highest BCUT2D eigenvalue weighted by Gasteiger charge is 2.25. The van der Waals surface area contributed by atoms with Crippen LogP contribution in [0.2, 0.25) is 5.02 Å². The highest BCUT2D eigenvalue weighted by molar-refractivity contribution is 6.33. The molecule has 1 atom stereocenters. The molecule has 2 amide bonds. The minimum absolute atomic E-state index is 0.0147. The van der Waals surface area contributed by atoms with Crippen molar-refractivity contribution in [1.82, 2.24) is 15.6 Å². The summed E-state index contributed by atoms with van der Waals surface area (Å²) in [5.41, 5.74) is -0.0415. The maximum absolute atomic E-state index is 13.9. The van der Waals surface area contributed by atoms with Crippen LogP contribution in [0.15, 0.2) is 22.6 Å². The number of halogens is 2. The standard InChI is InChI=1S/C20H23ClFN3O3/c1-11(23-18(26)16-14(21)9-6-10-15(16)22)20-25-17(12(2)28-20)19(27)24-13-7-4-3-5-8-13/h6,9-11,13H,3-5,7-8H2,1-2H3,(H,23,26)(H,24,27)/t11-/m1/s1. The Morgan fingerprint density at radius 3 is 2.64 bits per heavy atom. The second-order valence-corrected chi connectivity index (χ2v) is 7.46. The van der Waals surface area contributed by atoms with E-state index in [0.717, 1.165) is 31.7 Å². The Kier molecular flexibility index (Phi) is 6.34. The van der Waals surface area contributed by atoms with Crippen LogP contribution in [-0.2, 0) is 0 Å². The predicted octanol–water partition coefficient (Wildman–Crippen LogP) is 4.33. The molecule has 0 saturated heterocycles. The Morgan fingerprint density at radius 1 is 1.25 bits per heavy atom. The van der Waals surface area contributed by atoms with Crippen LogP contribution in [0.1, 0.15) is 77.6 Å². The summed E-state index contributed by atoms with van der Waals surface area (Å²) in [7, 11) is 0. The molecule has 8 heteroatoms. The Morgan fingerprint density at radius 2 is 1.96 bits per heavy atom. The van der Waals surface area contributed by atoms with Crippen LogP contribution in [0.3, 0.4) is 0 Å². The molecule has 1 saturated carbocycles. The number of carbonyl (C=O) groups is 2. The minimum atomic E-state index is -0.715. The molecular formula is C20H23ClFN3O3. The fourth-order valence-electron chi connectivity index (χ4n) is 3.36. The van der Waals surface area contributed by atoms with Gasteiger partial charge in [0.2, 0.25) is 5.89 Å². The number of aromatic nitrogens is 1. The molecule has 0 unspecified atom stereocenters. The number of hydrogen-bond donors (Lipinski definition) is 2. The van der Waals surface area contributed by atoms with Crippen LogP contribution in [0, 0.1) is 12.7 Å². The highest BCUT2D eigenvalue weighted by Crippen LogP contribution is 2.22. The molecule has 1 aromatic carbocycles. The minimum Gasteiger partial charge on any atom is -0.443 e. The van der Waals surface area contributed by atoms with E-state index in [9.17, 15) is 14.0 Å². The molecule has 0 spiro atoms. The second-order valence-electron chi connectivity index (χ2n) is 7.06. The number of amides is 2. The van der Waals surface area contributed by atoms with Gasteiger partial charge in [0.25, 0.3) is 11.8 Å². The predicted molar refractivity (Wildman–Crippen MR) is 103 cm³/mol. The zero-order chi connectivity index (χ0) is 20.3. The summed E-state index contributed by atoms with van der Waals surface area (Å²) in [6, 6.07) is 3.51. The molecule has 2 aromatic rings. The molecule has 1 aliphatic carbocycles. The molecule has 1 aromatic heterocycles. The fourth-order valence-corrected chi connectivity index (χ4v) is 3.61. The molecule has 6 nitrogen and oxygen atoms in total. The van der Waals surface area contributed by atoms with Gasteiger partial charge in [-0.15, -0.1) is 0 Å². The lowest BCUT2D eigenvalue weighted by Crippen LogP contribution is -2.36. The van der Waals surface area contributed by atoms with E-state index in [1.54, 1.807) is 13.8 Å². The third kappa shape index (κ3) is 4.52. The summed E-state index contributed by atoms with van der Waals surface area (Å²) in [4.78, 5) is 29.1. The molecule has 3 rings (SSSR count). The molecule has 1 aliphatic rings. The topological polar surface area (TPSA) is 84.2 Å². The molecule has 1 fully saturated rings. The van der Waals surface area contributed by atoms with Gasteiger partial charge in [-0.3, -0.25) is 9.59 Å². The number of nitrogens with zero attached hydrogens (tertiary/aromatic N) is 1. The van der Waals surface area contributed by atoms with Crippen LogP contribution in [0.5, 0.6) is 0 Å². The second kappa shape index (κ2) is 8.73. The number of oxazole rings is 1. The number of carbonyl (C=O) groups excluding carboxylic acids is 2. The van der Waals surface area contributed by atoms with Gasteiger partial charge in [-0.1, -0.05) is 36.9 Å². The van der Waals surface area contributed by atoms with Gasteiger partial charge in [-0.25, -0.2) is 9.37 Å². The van der Waals surface area contributed by atoms with E-state index in [2.05, 4.69) is 15.6 Å². The molecule has 0 aliphatic heterocycles. The first-order valence-corrected chi connectivity index (χ1v) is 9.77. The third-order valence-electron chi connectivity index (χ3n) is 4.88. The zero-order valence-corrected chi connectivity index (χ0v) is 16.6. The van der Waals surface area contributed by atoms with Gasteiger partial charge in [-0.05, 0) is 38.8 Å². The highest BCUT2D eigenvalue weighted by atomic mass is 35.5. The summed E-state index contributed by atoms with van der Waals surface area (Å²) < 4.78 is 19.5. The van der Waals surface area contributed by atoms with Gasteiger partial charge < -0.3 is 15.1 Å². The summed E-state index contributed by atoms with van der Waals surface area (Å²) in [5, 5.41) is 5.61. The van der Waals surface area contributed by atoms with Gasteiger partial charge in [0.1, 0.15) is 17.6 Å². The Labute approximate surface area is 167 Å². The van der Waals surface area contributed by atoms with Crippen molar-refractivity contribution < 1.29 is 18.4 Å². The van der Waals surface area contributed by atoms with Crippen molar-refractivity contribution in [2.24, 2.45) is 0 Å². The lowest BCUT2D eigenvalue weighted by Gasteiger charge is -2.22. The van der Waals surface area contributed by atoms with Crippen LogP contribution in [0.25, 0.3) is 0 Å². The molecule has 0 radical (unpaired) electrons. The normalized spacial score (nSPS) is 15.9. The SMILES string of the molecule is Cc1oc([C@@H](C)NC(=O)c2c(F)cccc2Cl)nc1C(=O)NC1CCCCC1. The largest absolute Gasteiger partial charge is 0.443 e. The molecule has 150 valence electrons. The summed E-state index contributed by atoms with van der Waals surface area (Å²) in [6.45, 7) is 3.29. The molecule has 2 N–H and O–H groups in total.